The topological polar surface area (TPSA) is 86.6 Å². The van der Waals surface area contributed by atoms with Crippen LogP contribution in [0.15, 0.2) is 36.0 Å². The molecule has 160 valence electrons. The monoisotopic (exact) mass is 425 g/mol. The Kier molecular flexibility index (Phi) is 7.71. The SMILES string of the molecule is Cc1c(CF)c(CF)cc(C(=O)C(=CNc2ccc(F)cc2CO)C(=O)O)c1CF. The lowest BCUT2D eigenvalue weighted by Gasteiger charge is -2.16. The third-order valence-corrected chi connectivity index (χ3v) is 4.68. The molecule has 0 saturated carbocycles. The molecule has 2 aromatic rings. The Morgan fingerprint density at radius 1 is 1.03 bits per heavy atom. The van der Waals surface area contributed by atoms with Crippen LogP contribution in [0.25, 0.3) is 0 Å². The standard InChI is InChI=1S/C21H19F4NO4/c1-11-16(7-23)12(6-22)5-15(17(11)8-24)20(28)18(21(29)30)9-26-19-3-2-14(25)4-13(19)10-27/h2-5,9,26-27H,6-8,10H2,1H3,(H,29,30). The summed E-state index contributed by atoms with van der Waals surface area (Å²) in [5.74, 6) is -3.39. The summed E-state index contributed by atoms with van der Waals surface area (Å²) in [5.41, 5.74) is -1.40. The molecule has 0 unspecified atom stereocenters. The van der Waals surface area contributed by atoms with E-state index in [9.17, 15) is 37.4 Å². The number of anilines is 1. The van der Waals surface area contributed by atoms with Crippen LogP contribution < -0.4 is 5.32 Å². The molecule has 0 spiro atoms. The van der Waals surface area contributed by atoms with E-state index in [-0.39, 0.29) is 33.5 Å². The largest absolute Gasteiger partial charge is 0.477 e. The lowest BCUT2D eigenvalue weighted by Crippen LogP contribution is -2.17. The zero-order valence-corrected chi connectivity index (χ0v) is 15.9. The first-order valence-electron chi connectivity index (χ1n) is 8.75. The van der Waals surface area contributed by atoms with Crippen LogP contribution in [-0.4, -0.2) is 22.0 Å². The predicted molar refractivity (Wildman–Crippen MR) is 102 cm³/mol. The minimum absolute atomic E-state index is 0.0392. The van der Waals surface area contributed by atoms with Gasteiger partial charge < -0.3 is 15.5 Å². The highest BCUT2D eigenvalue weighted by atomic mass is 19.1. The molecule has 0 aliphatic heterocycles. The van der Waals surface area contributed by atoms with Gasteiger partial charge in [0.2, 0.25) is 5.78 Å². The number of aliphatic hydroxyl groups is 1. The molecule has 2 aromatic carbocycles. The second-order valence-electron chi connectivity index (χ2n) is 6.36. The summed E-state index contributed by atoms with van der Waals surface area (Å²) in [6, 6.07) is 4.26. The normalized spacial score (nSPS) is 11.5. The summed E-state index contributed by atoms with van der Waals surface area (Å²) >= 11 is 0. The van der Waals surface area contributed by atoms with Crippen molar-refractivity contribution in [1.82, 2.24) is 0 Å². The summed E-state index contributed by atoms with van der Waals surface area (Å²) in [4.78, 5) is 24.5. The summed E-state index contributed by atoms with van der Waals surface area (Å²) in [7, 11) is 0. The van der Waals surface area contributed by atoms with Crippen molar-refractivity contribution in [3.05, 3.63) is 75.2 Å². The molecule has 0 bridgehead atoms. The van der Waals surface area contributed by atoms with Crippen molar-refractivity contribution in [3.63, 3.8) is 0 Å². The Morgan fingerprint density at radius 3 is 2.23 bits per heavy atom. The first-order valence-corrected chi connectivity index (χ1v) is 8.75. The highest BCUT2D eigenvalue weighted by Gasteiger charge is 2.25. The van der Waals surface area contributed by atoms with Gasteiger partial charge in [-0.1, -0.05) is 0 Å². The number of carboxylic acid groups (broad SMARTS) is 1. The fourth-order valence-corrected chi connectivity index (χ4v) is 3.01. The summed E-state index contributed by atoms with van der Waals surface area (Å²) in [6.07, 6.45) is 0.812. The van der Waals surface area contributed by atoms with E-state index in [1.165, 1.54) is 13.0 Å². The molecule has 0 saturated heterocycles. The molecule has 0 aromatic heterocycles. The van der Waals surface area contributed by atoms with Gasteiger partial charge in [-0.15, -0.1) is 0 Å². The zero-order valence-electron chi connectivity index (χ0n) is 15.9. The van der Waals surface area contributed by atoms with Crippen LogP contribution >= 0.6 is 0 Å². The number of hydrogen-bond acceptors (Lipinski definition) is 4. The molecule has 0 heterocycles. The van der Waals surface area contributed by atoms with Crippen molar-refractivity contribution in [2.24, 2.45) is 0 Å². The summed E-state index contributed by atoms with van der Waals surface area (Å²) in [5, 5.41) is 21.2. The third-order valence-electron chi connectivity index (χ3n) is 4.68. The Morgan fingerprint density at radius 2 is 1.70 bits per heavy atom. The van der Waals surface area contributed by atoms with Gasteiger partial charge in [0, 0.05) is 23.0 Å². The smallest absolute Gasteiger partial charge is 0.341 e. The molecule has 0 aliphatic carbocycles. The number of Topliss-reactive ketones (excluding diaryl/α,β-unsaturated/α-hetero) is 1. The number of carbonyl (C=O) groups is 2. The number of carboxylic acids is 1. The molecule has 0 amide bonds. The van der Waals surface area contributed by atoms with E-state index in [1.807, 2.05) is 0 Å². The number of halogens is 4. The molecular weight excluding hydrogens is 406 g/mol. The Labute approximate surface area is 169 Å². The van der Waals surface area contributed by atoms with Gasteiger partial charge in [0.15, 0.2) is 0 Å². The van der Waals surface area contributed by atoms with Crippen molar-refractivity contribution in [1.29, 1.82) is 0 Å². The molecular formula is C21H19F4NO4. The van der Waals surface area contributed by atoms with E-state index in [2.05, 4.69) is 5.32 Å². The number of carbonyl (C=O) groups excluding carboxylic acids is 1. The molecule has 0 radical (unpaired) electrons. The summed E-state index contributed by atoms with van der Waals surface area (Å²) < 4.78 is 53.4. The van der Waals surface area contributed by atoms with Crippen molar-refractivity contribution in [2.45, 2.75) is 33.6 Å². The lowest BCUT2D eigenvalue weighted by atomic mass is 9.90. The van der Waals surface area contributed by atoms with Crippen LogP contribution in [0.2, 0.25) is 0 Å². The van der Waals surface area contributed by atoms with E-state index in [0.29, 0.717) is 0 Å². The van der Waals surface area contributed by atoms with Gasteiger partial charge in [0.05, 0.1) is 6.61 Å². The summed E-state index contributed by atoms with van der Waals surface area (Å²) in [6.45, 7) is -2.59. The predicted octanol–water partition coefficient (Wildman–Crippen LogP) is 4.30. The van der Waals surface area contributed by atoms with Crippen molar-refractivity contribution in [3.8, 4) is 0 Å². The van der Waals surface area contributed by atoms with Crippen LogP contribution in [0.4, 0.5) is 23.2 Å². The average molecular weight is 425 g/mol. The van der Waals surface area contributed by atoms with Crippen molar-refractivity contribution < 1.29 is 37.4 Å². The molecule has 3 N–H and O–H groups in total. The highest BCUT2D eigenvalue weighted by Crippen LogP contribution is 2.28. The third kappa shape index (κ3) is 4.68. The van der Waals surface area contributed by atoms with Crippen molar-refractivity contribution >= 4 is 17.4 Å². The van der Waals surface area contributed by atoms with E-state index >= 15 is 0 Å². The molecule has 9 heteroatoms. The number of nitrogens with one attached hydrogen (secondary N) is 1. The van der Waals surface area contributed by atoms with Crippen molar-refractivity contribution in [2.75, 3.05) is 5.32 Å². The number of ketones is 1. The fourth-order valence-electron chi connectivity index (χ4n) is 3.01. The number of benzene rings is 2. The maximum Gasteiger partial charge on any atom is 0.341 e. The van der Waals surface area contributed by atoms with Gasteiger partial charge in [-0.05, 0) is 53.4 Å². The number of hydrogen-bond donors (Lipinski definition) is 3. The number of aliphatic carboxylic acids is 1. The maximum atomic E-state index is 13.6. The first-order chi connectivity index (χ1) is 14.3. The maximum absolute atomic E-state index is 13.6. The average Bonchev–Trinajstić information content (AvgIpc) is 2.73. The van der Waals surface area contributed by atoms with Gasteiger partial charge in [0.1, 0.15) is 31.4 Å². The first kappa shape index (κ1) is 23.1. The fraction of sp³-hybridized carbons (Fsp3) is 0.238. The molecule has 2 rings (SSSR count). The molecule has 0 atom stereocenters. The second kappa shape index (κ2) is 10.0. The molecule has 0 fully saturated rings. The van der Waals surface area contributed by atoms with Gasteiger partial charge in [-0.2, -0.15) is 0 Å². The van der Waals surface area contributed by atoms with Crippen LogP contribution in [0, 0.1) is 12.7 Å². The van der Waals surface area contributed by atoms with E-state index in [1.54, 1.807) is 0 Å². The minimum Gasteiger partial charge on any atom is -0.477 e. The van der Waals surface area contributed by atoms with Gasteiger partial charge >= 0.3 is 5.97 Å². The number of alkyl halides is 3. The van der Waals surface area contributed by atoms with Crippen LogP contribution in [-0.2, 0) is 31.4 Å². The van der Waals surface area contributed by atoms with Gasteiger partial charge in [0.25, 0.3) is 0 Å². The Hall–Kier alpha value is -3.20. The highest BCUT2D eigenvalue weighted by molar-refractivity contribution is 6.24. The van der Waals surface area contributed by atoms with E-state index in [4.69, 9.17) is 0 Å². The molecule has 0 aliphatic rings. The Bertz CT molecular complexity index is 1000. The lowest BCUT2D eigenvalue weighted by molar-refractivity contribution is -0.132. The Balaban J connectivity index is 2.54. The quantitative estimate of drug-likeness (QED) is 0.183. The molecule has 5 nitrogen and oxygen atoms in total. The zero-order chi connectivity index (χ0) is 22.4. The van der Waals surface area contributed by atoms with E-state index in [0.717, 1.165) is 24.4 Å². The van der Waals surface area contributed by atoms with Gasteiger partial charge in [-0.3, -0.25) is 4.79 Å². The van der Waals surface area contributed by atoms with Crippen LogP contribution in [0.5, 0.6) is 0 Å². The number of rotatable bonds is 9. The van der Waals surface area contributed by atoms with E-state index < -0.39 is 55.3 Å². The minimum atomic E-state index is -1.65. The number of aliphatic hydroxyl groups excluding tert-OH is 1. The van der Waals surface area contributed by atoms with Crippen LogP contribution in [0.3, 0.4) is 0 Å². The second-order valence-corrected chi connectivity index (χ2v) is 6.36. The molecule has 30 heavy (non-hydrogen) atoms. The van der Waals surface area contributed by atoms with Crippen LogP contribution in [0.1, 0.15) is 38.2 Å². The van der Waals surface area contributed by atoms with Gasteiger partial charge in [-0.25, -0.2) is 22.4 Å².